The minimum Gasteiger partial charge on any atom is -0.478 e. The molecule has 0 amide bonds. The molecular weight excluding hydrogens is 286 g/mol. The second-order valence-electron chi connectivity index (χ2n) is 3.53. The lowest BCUT2D eigenvalue weighted by molar-refractivity contribution is 0.0696. The van der Waals surface area contributed by atoms with Gasteiger partial charge in [-0.15, -0.1) is 0 Å². The molecule has 2 aromatic rings. The topological polar surface area (TPSA) is 67.2 Å². The molecule has 5 nitrogen and oxygen atoms in total. The van der Waals surface area contributed by atoms with Crippen LogP contribution in [0, 0.1) is 0 Å². The maximum absolute atomic E-state index is 10.8. The highest BCUT2D eigenvalue weighted by molar-refractivity contribution is 9.10. The maximum atomic E-state index is 10.8. The van der Waals surface area contributed by atoms with Crippen LogP contribution in [-0.2, 0) is 7.05 Å². The van der Waals surface area contributed by atoms with Gasteiger partial charge in [0.15, 0.2) is 0 Å². The Bertz CT molecular complexity index is 566. The number of carboxylic acid groups (broad SMARTS) is 1. The summed E-state index contributed by atoms with van der Waals surface area (Å²) >= 11 is 3.22. The summed E-state index contributed by atoms with van der Waals surface area (Å²) in [6, 6.07) is 4.97. The minimum absolute atomic E-state index is 0.238. The van der Waals surface area contributed by atoms with Gasteiger partial charge in [0, 0.05) is 23.4 Å². The first-order chi connectivity index (χ1) is 8.06. The van der Waals surface area contributed by atoms with Crippen LogP contribution in [0.3, 0.4) is 0 Å². The number of hydrogen-bond acceptors (Lipinski definition) is 3. The van der Waals surface area contributed by atoms with Gasteiger partial charge in [0.2, 0.25) is 0 Å². The van der Waals surface area contributed by atoms with Gasteiger partial charge in [-0.1, -0.05) is 0 Å². The zero-order valence-electron chi connectivity index (χ0n) is 9.01. The molecule has 1 aromatic carbocycles. The number of carbonyl (C=O) groups is 1. The first-order valence-corrected chi connectivity index (χ1v) is 5.64. The summed E-state index contributed by atoms with van der Waals surface area (Å²) in [7, 11) is 1.83. The van der Waals surface area contributed by atoms with E-state index >= 15 is 0 Å². The lowest BCUT2D eigenvalue weighted by Crippen LogP contribution is -1.98. The number of aromatic nitrogens is 2. The highest BCUT2D eigenvalue weighted by atomic mass is 79.9. The fourth-order valence-electron chi connectivity index (χ4n) is 1.42. The van der Waals surface area contributed by atoms with Gasteiger partial charge in [0.05, 0.1) is 17.4 Å². The molecule has 0 unspecified atom stereocenters. The van der Waals surface area contributed by atoms with Crippen molar-refractivity contribution in [3.05, 3.63) is 40.6 Å². The lowest BCUT2D eigenvalue weighted by Gasteiger charge is -2.05. The number of carboxylic acids is 1. The Labute approximate surface area is 106 Å². The first-order valence-electron chi connectivity index (χ1n) is 4.85. The number of nitrogens with one attached hydrogen (secondary N) is 1. The van der Waals surface area contributed by atoms with Gasteiger partial charge in [-0.2, -0.15) is 5.10 Å². The van der Waals surface area contributed by atoms with Crippen LogP contribution in [0.15, 0.2) is 35.1 Å². The Kier molecular flexibility index (Phi) is 3.14. The average Bonchev–Trinajstić information content (AvgIpc) is 2.63. The van der Waals surface area contributed by atoms with E-state index in [1.165, 1.54) is 0 Å². The second-order valence-corrected chi connectivity index (χ2v) is 4.38. The van der Waals surface area contributed by atoms with Crippen LogP contribution in [-0.4, -0.2) is 20.9 Å². The van der Waals surface area contributed by atoms with Gasteiger partial charge in [-0.3, -0.25) is 4.68 Å². The van der Waals surface area contributed by atoms with E-state index in [4.69, 9.17) is 5.11 Å². The molecule has 6 heteroatoms. The Hall–Kier alpha value is -1.82. The molecule has 0 aliphatic carbocycles. The molecule has 1 aromatic heterocycles. The largest absolute Gasteiger partial charge is 0.478 e. The summed E-state index contributed by atoms with van der Waals surface area (Å²) in [6.45, 7) is 0. The molecule has 2 rings (SSSR count). The van der Waals surface area contributed by atoms with E-state index in [1.807, 2.05) is 13.2 Å². The second kappa shape index (κ2) is 4.58. The van der Waals surface area contributed by atoms with Crippen molar-refractivity contribution in [2.24, 2.45) is 7.05 Å². The van der Waals surface area contributed by atoms with Crippen molar-refractivity contribution in [2.45, 2.75) is 0 Å². The van der Waals surface area contributed by atoms with Crippen LogP contribution in [0.5, 0.6) is 0 Å². The van der Waals surface area contributed by atoms with Gasteiger partial charge in [0.1, 0.15) is 0 Å². The van der Waals surface area contributed by atoms with Crippen LogP contribution in [0.1, 0.15) is 10.4 Å². The summed E-state index contributed by atoms with van der Waals surface area (Å²) < 4.78 is 2.22. The number of aryl methyl sites for hydroxylation is 1. The molecule has 1 heterocycles. The molecule has 0 radical (unpaired) electrons. The Morgan fingerprint density at radius 1 is 1.47 bits per heavy atom. The fraction of sp³-hybridized carbons (Fsp3) is 0.0909. The number of halogens is 1. The van der Waals surface area contributed by atoms with E-state index in [-0.39, 0.29) is 5.56 Å². The smallest absolute Gasteiger partial charge is 0.336 e. The standard InChI is InChI=1S/C11H10BrN3O2/c1-15-6-8(5-13-15)14-7-2-3-9(11(16)17)10(12)4-7/h2-6,14H,1H3,(H,16,17). The van der Waals surface area contributed by atoms with Crippen molar-refractivity contribution in [3.8, 4) is 0 Å². The molecule has 0 aliphatic heterocycles. The summed E-state index contributed by atoms with van der Waals surface area (Å²) in [4.78, 5) is 10.8. The van der Waals surface area contributed by atoms with E-state index in [2.05, 4.69) is 26.3 Å². The van der Waals surface area contributed by atoms with Crippen LogP contribution in [0.4, 0.5) is 11.4 Å². The Balaban J connectivity index is 2.23. The summed E-state index contributed by atoms with van der Waals surface area (Å²) in [5.74, 6) is -0.954. The monoisotopic (exact) mass is 295 g/mol. The predicted molar refractivity (Wildman–Crippen MR) is 67.6 cm³/mol. The molecule has 0 aliphatic rings. The predicted octanol–water partition coefficient (Wildman–Crippen LogP) is 2.62. The van der Waals surface area contributed by atoms with Crippen LogP contribution < -0.4 is 5.32 Å². The minimum atomic E-state index is -0.954. The van der Waals surface area contributed by atoms with E-state index in [9.17, 15) is 4.79 Å². The third kappa shape index (κ3) is 2.65. The van der Waals surface area contributed by atoms with Crippen molar-refractivity contribution >= 4 is 33.3 Å². The van der Waals surface area contributed by atoms with Crippen molar-refractivity contribution in [1.82, 2.24) is 9.78 Å². The first kappa shape index (κ1) is 11.7. The van der Waals surface area contributed by atoms with Crippen molar-refractivity contribution in [3.63, 3.8) is 0 Å². The van der Waals surface area contributed by atoms with E-state index < -0.39 is 5.97 Å². The zero-order chi connectivity index (χ0) is 12.4. The molecule has 2 N–H and O–H groups in total. The Morgan fingerprint density at radius 3 is 2.76 bits per heavy atom. The fourth-order valence-corrected chi connectivity index (χ4v) is 1.97. The highest BCUT2D eigenvalue weighted by Gasteiger charge is 2.08. The number of nitrogens with zero attached hydrogens (tertiary/aromatic N) is 2. The van der Waals surface area contributed by atoms with E-state index in [0.29, 0.717) is 4.47 Å². The third-order valence-electron chi connectivity index (χ3n) is 2.19. The zero-order valence-corrected chi connectivity index (χ0v) is 10.6. The quantitative estimate of drug-likeness (QED) is 0.913. The summed E-state index contributed by atoms with van der Waals surface area (Å²) in [5.41, 5.74) is 1.89. The van der Waals surface area contributed by atoms with Gasteiger partial charge >= 0.3 is 5.97 Å². The lowest BCUT2D eigenvalue weighted by atomic mass is 10.2. The molecule has 88 valence electrons. The Morgan fingerprint density at radius 2 is 2.24 bits per heavy atom. The molecule has 17 heavy (non-hydrogen) atoms. The average molecular weight is 296 g/mol. The van der Waals surface area contributed by atoms with Gasteiger partial charge in [-0.25, -0.2) is 4.79 Å². The number of rotatable bonds is 3. The molecule has 0 bridgehead atoms. The molecule has 0 saturated carbocycles. The van der Waals surface area contributed by atoms with Crippen molar-refractivity contribution < 1.29 is 9.90 Å². The number of anilines is 2. The molecular formula is C11H10BrN3O2. The molecule has 0 saturated heterocycles. The normalized spacial score (nSPS) is 10.2. The van der Waals surface area contributed by atoms with Gasteiger partial charge in [-0.05, 0) is 34.1 Å². The molecule has 0 fully saturated rings. The van der Waals surface area contributed by atoms with Gasteiger partial charge in [0.25, 0.3) is 0 Å². The van der Waals surface area contributed by atoms with Crippen LogP contribution >= 0.6 is 15.9 Å². The SMILES string of the molecule is Cn1cc(Nc2ccc(C(=O)O)c(Br)c2)cn1. The summed E-state index contributed by atoms with van der Waals surface area (Å²) in [6.07, 6.45) is 3.53. The number of hydrogen-bond donors (Lipinski definition) is 2. The van der Waals surface area contributed by atoms with Crippen molar-refractivity contribution in [1.29, 1.82) is 0 Å². The third-order valence-corrected chi connectivity index (χ3v) is 2.85. The molecule has 0 spiro atoms. The highest BCUT2D eigenvalue weighted by Crippen LogP contribution is 2.23. The van der Waals surface area contributed by atoms with Crippen LogP contribution in [0.2, 0.25) is 0 Å². The van der Waals surface area contributed by atoms with Crippen LogP contribution in [0.25, 0.3) is 0 Å². The molecule has 0 atom stereocenters. The summed E-state index contributed by atoms with van der Waals surface area (Å²) in [5, 5.41) is 16.0. The number of aromatic carboxylic acids is 1. The maximum Gasteiger partial charge on any atom is 0.336 e. The van der Waals surface area contributed by atoms with Gasteiger partial charge < -0.3 is 10.4 Å². The number of benzene rings is 1. The van der Waals surface area contributed by atoms with Crippen molar-refractivity contribution in [2.75, 3.05) is 5.32 Å². The van der Waals surface area contributed by atoms with E-state index in [0.717, 1.165) is 11.4 Å². The van der Waals surface area contributed by atoms with E-state index in [1.54, 1.807) is 29.1 Å².